The number of Topliss-reactive ketones (excluding diaryl/α,β-unsaturated/α-hetero) is 1. The summed E-state index contributed by atoms with van der Waals surface area (Å²) in [6.45, 7) is 3.71. The second-order valence-electron chi connectivity index (χ2n) is 5.11. The van der Waals surface area contributed by atoms with Gasteiger partial charge < -0.3 is 4.90 Å². The van der Waals surface area contributed by atoms with Crippen molar-refractivity contribution in [1.82, 2.24) is 0 Å². The van der Waals surface area contributed by atoms with Crippen LogP contribution in [-0.2, 0) is 6.42 Å². The molecule has 0 N–H and O–H groups in total. The Kier molecular flexibility index (Phi) is 4.57. The van der Waals surface area contributed by atoms with E-state index >= 15 is 0 Å². The van der Waals surface area contributed by atoms with Gasteiger partial charge in [-0.15, -0.1) is 0 Å². The largest absolute Gasteiger partial charge is 0.371 e. The number of aryl methyl sites for hydroxylation is 1. The highest BCUT2D eigenvalue weighted by Crippen LogP contribution is 2.28. The monoisotopic (exact) mass is 256 g/mol. The van der Waals surface area contributed by atoms with Crippen molar-refractivity contribution in [2.24, 2.45) is 0 Å². The number of nitrogens with zero attached hydrogens (tertiary/aromatic N) is 2. The van der Waals surface area contributed by atoms with Crippen LogP contribution in [0.5, 0.6) is 0 Å². The number of hydrogen-bond acceptors (Lipinski definition) is 3. The molecule has 2 rings (SSSR count). The van der Waals surface area contributed by atoms with Gasteiger partial charge in [0.25, 0.3) is 0 Å². The van der Waals surface area contributed by atoms with Crippen LogP contribution in [0.4, 0.5) is 5.69 Å². The summed E-state index contributed by atoms with van der Waals surface area (Å²) < 4.78 is 0. The van der Waals surface area contributed by atoms with E-state index in [0.29, 0.717) is 6.42 Å². The molecule has 0 saturated carbocycles. The van der Waals surface area contributed by atoms with Crippen LogP contribution in [0.25, 0.3) is 0 Å². The fraction of sp³-hybridized carbons (Fsp3) is 0.500. The molecule has 3 heteroatoms. The predicted molar refractivity (Wildman–Crippen MR) is 76.4 cm³/mol. The summed E-state index contributed by atoms with van der Waals surface area (Å²) >= 11 is 0. The molecule has 3 nitrogen and oxygen atoms in total. The maximum Gasteiger partial charge on any atom is 0.159 e. The number of carbonyl (C=O) groups excluding carboxylic acids is 1. The summed E-state index contributed by atoms with van der Waals surface area (Å²) in [7, 11) is 0. The van der Waals surface area contributed by atoms with Crippen molar-refractivity contribution < 1.29 is 4.79 Å². The third-order valence-corrected chi connectivity index (χ3v) is 3.67. The number of nitriles is 1. The maximum absolute atomic E-state index is 11.4. The lowest BCUT2D eigenvalue weighted by molar-refractivity contribution is 0.101. The minimum absolute atomic E-state index is 0.133. The number of hydrogen-bond donors (Lipinski definition) is 0. The lowest BCUT2D eigenvalue weighted by Gasteiger charge is -2.31. The van der Waals surface area contributed by atoms with E-state index in [-0.39, 0.29) is 5.78 Å². The van der Waals surface area contributed by atoms with Crippen LogP contribution in [0.2, 0.25) is 0 Å². The van der Waals surface area contributed by atoms with Crippen molar-refractivity contribution >= 4 is 11.5 Å². The third kappa shape index (κ3) is 3.35. The van der Waals surface area contributed by atoms with E-state index in [1.165, 1.54) is 11.3 Å². The second kappa shape index (κ2) is 6.38. The smallest absolute Gasteiger partial charge is 0.159 e. The van der Waals surface area contributed by atoms with Gasteiger partial charge in [0.15, 0.2) is 5.78 Å². The molecule has 0 amide bonds. The lowest BCUT2D eigenvalue weighted by Crippen LogP contribution is -2.30. The van der Waals surface area contributed by atoms with Gasteiger partial charge in [0.2, 0.25) is 0 Å². The molecule has 0 aromatic heterocycles. The van der Waals surface area contributed by atoms with E-state index in [2.05, 4.69) is 17.0 Å². The van der Waals surface area contributed by atoms with Gasteiger partial charge >= 0.3 is 0 Å². The fourth-order valence-corrected chi connectivity index (χ4v) is 2.63. The Balaban J connectivity index is 2.07. The highest BCUT2D eigenvalue weighted by molar-refractivity contribution is 5.94. The van der Waals surface area contributed by atoms with Gasteiger partial charge in [-0.1, -0.05) is 0 Å². The molecule has 0 saturated heterocycles. The first-order chi connectivity index (χ1) is 9.22. The number of rotatable bonds is 5. The van der Waals surface area contributed by atoms with Crippen molar-refractivity contribution in [3.05, 3.63) is 29.3 Å². The van der Waals surface area contributed by atoms with E-state index < -0.39 is 0 Å². The first-order valence-electron chi connectivity index (χ1n) is 6.98. The first-order valence-corrected chi connectivity index (χ1v) is 6.98. The topological polar surface area (TPSA) is 44.1 Å². The molecule has 0 atom stereocenters. The van der Waals surface area contributed by atoms with Gasteiger partial charge in [-0.25, -0.2) is 0 Å². The van der Waals surface area contributed by atoms with Crippen molar-refractivity contribution in [3.8, 4) is 6.07 Å². The average molecular weight is 256 g/mol. The Morgan fingerprint density at radius 3 is 3.00 bits per heavy atom. The van der Waals surface area contributed by atoms with E-state index in [0.717, 1.165) is 44.3 Å². The summed E-state index contributed by atoms with van der Waals surface area (Å²) in [5, 5.41) is 8.55. The molecule has 0 aliphatic carbocycles. The van der Waals surface area contributed by atoms with Gasteiger partial charge in [-0.3, -0.25) is 4.79 Å². The van der Waals surface area contributed by atoms with Crippen LogP contribution in [-0.4, -0.2) is 18.9 Å². The summed E-state index contributed by atoms with van der Waals surface area (Å²) in [6, 6.07) is 8.23. The number of fused-ring (bicyclic) bond motifs is 1. The molecule has 1 aliphatic rings. The minimum atomic E-state index is 0.133. The number of benzene rings is 1. The maximum atomic E-state index is 11.4. The Labute approximate surface area is 114 Å². The number of anilines is 1. The molecule has 1 aromatic carbocycles. The van der Waals surface area contributed by atoms with Crippen molar-refractivity contribution in [3.63, 3.8) is 0 Å². The zero-order chi connectivity index (χ0) is 13.7. The van der Waals surface area contributed by atoms with E-state index in [9.17, 15) is 4.79 Å². The standard InChI is InChI=1S/C16H20N2O/c1-13(19)14-7-8-16-15(12-14)6-5-11-18(16)10-4-2-3-9-17/h7-8,12H,2-6,10-11H2,1H3. The zero-order valence-corrected chi connectivity index (χ0v) is 11.5. The molecule has 0 bridgehead atoms. The van der Waals surface area contributed by atoms with Gasteiger partial charge in [-0.2, -0.15) is 5.26 Å². The summed E-state index contributed by atoms with van der Waals surface area (Å²) in [5.41, 5.74) is 3.37. The highest BCUT2D eigenvalue weighted by Gasteiger charge is 2.17. The van der Waals surface area contributed by atoms with Crippen molar-refractivity contribution in [2.75, 3.05) is 18.0 Å². The molecular weight excluding hydrogens is 236 g/mol. The fourth-order valence-electron chi connectivity index (χ4n) is 2.63. The molecular formula is C16H20N2O. The summed E-state index contributed by atoms with van der Waals surface area (Å²) in [6.07, 6.45) is 4.87. The van der Waals surface area contributed by atoms with Crippen LogP contribution < -0.4 is 4.90 Å². The van der Waals surface area contributed by atoms with Gasteiger partial charge in [-0.05, 0) is 56.4 Å². The highest BCUT2D eigenvalue weighted by atomic mass is 16.1. The predicted octanol–water partition coefficient (Wildman–Crippen LogP) is 3.34. The van der Waals surface area contributed by atoms with Crippen LogP contribution in [0, 0.1) is 11.3 Å². The molecule has 0 radical (unpaired) electrons. The minimum Gasteiger partial charge on any atom is -0.371 e. The van der Waals surface area contributed by atoms with E-state index in [4.69, 9.17) is 5.26 Å². The molecule has 0 spiro atoms. The van der Waals surface area contributed by atoms with E-state index in [1.807, 2.05) is 12.1 Å². The molecule has 0 unspecified atom stereocenters. The number of unbranched alkanes of at least 4 members (excludes halogenated alkanes) is 2. The Morgan fingerprint density at radius 1 is 1.42 bits per heavy atom. The van der Waals surface area contributed by atoms with Crippen LogP contribution in [0.1, 0.15) is 48.5 Å². The van der Waals surface area contributed by atoms with Crippen LogP contribution in [0.3, 0.4) is 0 Å². The van der Waals surface area contributed by atoms with E-state index in [1.54, 1.807) is 6.92 Å². The Morgan fingerprint density at radius 2 is 2.26 bits per heavy atom. The third-order valence-electron chi connectivity index (χ3n) is 3.67. The summed E-state index contributed by atoms with van der Waals surface area (Å²) in [5.74, 6) is 0.133. The van der Waals surface area contributed by atoms with Crippen LogP contribution >= 0.6 is 0 Å². The normalized spacial score (nSPS) is 13.8. The number of carbonyl (C=O) groups is 1. The van der Waals surface area contributed by atoms with Crippen molar-refractivity contribution in [1.29, 1.82) is 5.26 Å². The molecule has 1 aliphatic heterocycles. The van der Waals surface area contributed by atoms with Crippen molar-refractivity contribution in [2.45, 2.75) is 39.0 Å². The molecule has 1 heterocycles. The molecule has 1 aromatic rings. The Bertz CT molecular complexity index is 502. The lowest BCUT2D eigenvalue weighted by atomic mass is 9.98. The van der Waals surface area contributed by atoms with Crippen LogP contribution in [0.15, 0.2) is 18.2 Å². The van der Waals surface area contributed by atoms with Gasteiger partial charge in [0.1, 0.15) is 0 Å². The average Bonchev–Trinajstić information content (AvgIpc) is 2.43. The zero-order valence-electron chi connectivity index (χ0n) is 11.5. The quantitative estimate of drug-likeness (QED) is 0.599. The second-order valence-corrected chi connectivity index (χ2v) is 5.11. The number of ketones is 1. The van der Waals surface area contributed by atoms with Gasteiger partial charge in [0.05, 0.1) is 6.07 Å². The molecule has 100 valence electrons. The first kappa shape index (κ1) is 13.6. The summed E-state index contributed by atoms with van der Waals surface area (Å²) in [4.78, 5) is 13.8. The SMILES string of the molecule is CC(=O)c1ccc2c(c1)CCCN2CCCCC#N. The molecule has 0 fully saturated rings. The Hall–Kier alpha value is -1.82. The molecule has 19 heavy (non-hydrogen) atoms. The van der Waals surface area contributed by atoms with Gasteiger partial charge in [0, 0.05) is 30.8 Å².